The Bertz CT molecular complexity index is 495. The Morgan fingerprint density at radius 1 is 1.24 bits per heavy atom. The molecule has 0 amide bonds. The lowest BCUT2D eigenvalue weighted by Crippen LogP contribution is -2.20. The van der Waals surface area contributed by atoms with Crippen LogP contribution in [0, 0.1) is 6.92 Å². The van der Waals surface area contributed by atoms with Gasteiger partial charge in [-0.05, 0) is 26.1 Å². The predicted octanol–water partition coefficient (Wildman–Crippen LogP) is 1.70. The van der Waals surface area contributed by atoms with Crippen molar-refractivity contribution in [2.45, 2.75) is 20.0 Å². The Morgan fingerprint density at radius 3 is 2.47 bits per heavy atom. The summed E-state index contributed by atoms with van der Waals surface area (Å²) in [6.07, 6.45) is 4.04. The largest absolute Gasteiger partial charge is 0.353 e. The van der Waals surface area contributed by atoms with Gasteiger partial charge in [0.1, 0.15) is 5.82 Å². The minimum atomic E-state index is 0.919. The highest BCUT2D eigenvalue weighted by Crippen LogP contribution is 2.09. The van der Waals surface area contributed by atoms with Crippen LogP contribution in [0.15, 0.2) is 24.5 Å². The number of aryl methyl sites for hydroxylation is 2. The Labute approximate surface area is 102 Å². The molecule has 0 aliphatic heterocycles. The fourth-order valence-corrected chi connectivity index (χ4v) is 1.97. The molecule has 2 heterocycles. The van der Waals surface area contributed by atoms with Crippen LogP contribution >= 0.6 is 0 Å². The molecule has 0 aliphatic carbocycles. The van der Waals surface area contributed by atoms with Gasteiger partial charge in [0, 0.05) is 45.3 Å². The number of hydrogen-bond donors (Lipinski definition) is 0. The van der Waals surface area contributed by atoms with E-state index in [2.05, 4.69) is 58.5 Å². The van der Waals surface area contributed by atoms with E-state index in [0.29, 0.717) is 0 Å². The lowest BCUT2D eigenvalue weighted by molar-refractivity contribution is 0.304. The molecule has 0 aromatic carbocycles. The highest BCUT2D eigenvalue weighted by Gasteiger charge is 2.07. The predicted molar refractivity (Wildman–Crippen MR) is 68.5 cm³/mol. The van der Waals surface area contributed by atoms with Crippen molar-refractivity contribution >= 4 is 0 Å². The van der Waals surface area contributed by atoms with E-state index in [1.807, 2.05) is 13.1 Å². The number of nitrogens with zero attached hydrogens (tertiary/aromatic N) is 4. The number of aromatic nitrogens is 3. The fourth-order valence-electron chi connectivity index (χ4n) is 1.97. The Balaban J connectivity index is 2.00. The van der Waals surface area contributed by atoms with E-state index >= 15 is 0 Å². The zero-order valence-electron chi connectivity index (χ0n) is 11.0. The summed E-state index contributed by atoms with van der Waals surface area (Å²) in [5, 5.41) is 0. The van der Waals surface area contributed by atoms with Gasteiger partial charge in [0.25, 0.3) is 0 Å². The van der Waals surface area contributed by atoms with Gasteiger partial charge in [0.05, 0.1) is 5.69 Å². The van der Waals surface area contributed by atoms with Crippen molar-refractivity contribution in [1.29, 1.82) is 0 Å². The SMILES string of the molecule is Cc1ncc(CN(C)Cc2cccn2C)n1C. The molecule has 17 heavy (non-hydrogen) atoms. The molecule has 0 spiro atoms. The third-order valence-electron chi connectivity index (χ3n) is 3.23. The number of hydrogen-bond acceptors (Lipinski definition) is 2. The first-order chi connectivity index (χ1) is 8.08. The third kappa shape index (κ3) is 2.58. The summed E-state index contributed by atoms with van der Waals surface area (Å²) in [6.45, 7) is 3.90. The standard InChI is InChI=1S/C13H20N4/c1-11-14-8-13(17(11)4)10-15(2)9-12-6-5-7-16(12)3/h5-8H,9-10H2,1-4H3. The molecular formula is C13H20N4. The van der Waals surface area contributed by atoms with Crippen LogP contribution in [0.25, 0.3) is 0 Å². The molecule has 2 aromatic rings. The van der Waals surface area contributed by atoms with Crippen molar-refractivity contribution in [3.63, 3.8) is 0 Å². The van der Waals surface area contributed by atoms with Crippen LogP contribution in [0.1, 0.15) is 17.2 Å². The summed E-state index contributed by atoms with van der Waals surface area (Å²) in [6, 6.07) is 4.24. The van der Waals surface area contributed by atoms with E-state index < -0.39 is 0 Å². The zero-order chi connectivity index (χ0) is 12.4. The molecule has 0 fully saturated rings. The van der Waals surface area contributed by atoms with Gasteiger partial charge < -0.3 is 9.13 Å². The number of imidazole rings is 1. The summed E-state index contributed by atoms with van der Waals surface area (Å²) in [4.78, 5) is 6.61. The average molecular weight is 232 g/mol. The normalized spacial score (nSPS) is 11.4. The van der Waals surface area contributed by atoms with Crippen molar-refractivity contribution in [2.75, 3.05) is 7.05 Å². The summed E-state index contributed by atoms with van der Waals surface area (Å²) >= 11 is 0. The average Bonchev–Trinajstić information content (AvgIpc) is 2.80. The van der Waals surface area contributed by atoms with Gasteiger partial charge in [-0.3, -0.25) is 4.90 Å². The highest BCUT2D eigenvalue weighted by molar-refractivity contribution is 5.07. The molecule has 4 heteroatoms. The Morgan fingerprint density at radius 2 is 1.94 bits per heavy atom. The van der Waals surface area contributed by atoms with Gasteiger partial charge in [-0.15, -0.1) is 0 Å². The molecule has 92 valence electrons. The first-order valence-electron chi connectivity index (χ1n) is 5.84. The second-order valence-corrected chi connectivity index (χ2v) is 4.64. The first-order valence-corrected chi connectivity index (χ1v) is 5.84. The summed E-state index contributed by atoms with van der Waals surface area (Å²) in [5.74, 6) is 1.06. The van der Waals surface area contributed by atoms with E-state index in [1.54, 1.807) is 0 Å². The minimum absolute atomic E-state index is 0.919. The van der Waals surface area contributed by atoms with Gasteiger partial charge in [0.2, 0.25) is 0 Å². The third-order valence-corrected chi connectivity index (χ3v) is 3.23. The molecule has 0 bridgehead atoms. The zero-order valence-corrected chi connectivity index (χ0v) is 11.0. The first kappa shape index (κ1) is 11.9. The summed E-state index contributed by atoms with van der Waals surface area (Å²) in [7, 11) is 6.28. The monoisotopic (exact) mass is 232 g/mol. The summed E-state index contributed by atoms with van der Waals surface area (Å²) in [5.41, 5.74) is 2.57. The van der Waals surface area contributed by atoms with Crippen LogP contribution < -0.4 is 0 Å². The van der Waals surface area contributed by atoms with Crippen LogP contribution in [-0.4, -0.2) is 26.1 Å². The molecule has 2 rings (SSSR count). The van der Waals surface area contributed by atoms with Crippen molar-refractivity contribution < 1.29 is 0 Å². The molecule has 0 atom stereocenters. The topological polar surface area (TPSA) is 26.0 Å². The maximum atomic E-state index is 4.31. The molecule has 0 radical (unpaired) electrons. The van der Waals surface area contributed by atoms with Crippen LogP contribution in [0.2, 0.25) is 0 Å². The van der Waals surface area contributed by atoms with Gasteiger partial charge in [-0.1, -0.05) is 0 Å². The molecule has 0 unspecified atom stereocenters. The van der Waals surface area contributed by atoms with Gasteiger partial charge in [-0.2, -0.15) is 0 Å². The Kier molecular flexibility index (Phi) is 3.33. The minimum Gasteiger partial charge on any atom is -0.353 e. The maximum Gasteiger partial charge on any atom is 0.105 e. The number of rotatable bonds is 4. The van der Waals surface area contributed by atoms with Gasteiger partial charge in [-0.25, -0.2) is 4.98 Å². The maximum absolute atomic E-state index is 4.31. The molecule has 0 saturated heterocycles. The van der Waals surface area contributed by atoms with Gasteiger partial charge >= 0.3 is 0 Å². The van der Waals surface area contributed by atoms with Gasteiger partial charge in [0.15, 0.2) is 0 Å². The molecule has 4 nitrogen and oxygen atoms in total. The van der Waals surface area contributed by atoms with E-state index in [0.717, 1.165) is 18.9 Å². The van der Waals surface area contributed by atoms with Crippen LogP contribution in [0.3, 0.4) is 0 Å². The van der Waals surface area contributed by atoms with Crippen LogP contribution in [0.5, 0.6) is 0 Å². The second kappa shape index (κ2) is 4.75. The van der Waals surface area contributed by atoms with Crippen molar-refractivity contribution in [3.8, 4) is 0 Å². The van der Waals surface area contributed by atoms with Crippen LogP contribution in [0.4, 0.5) is 0 Å². The van der Waals surface area contributed by atoms with Crippen molar-refractivity contribution in [2.24, 2.45) is 14.1 Å². The highest BCUT2D eigenvalue weighted by atomic mass is 15.2. The Hall–Kier alpha value is -1.55. The van der Waals surface area contributed by atoms with Crippen molar-refractivity contribution in [3.05, 3.63) is 41.7 Å². The lowest BCUT2D eigenvalue weighted by atomic mass is 10.3. The smallest absolute Gasteiger partial charge is 0.105 e. The van der Waals surface area contributed by atoms with Crippen molar-refractivity contribution in [1.82, 2.24) is 19.0 Å². The second-order valence-electron chi connectivity index (χ2n) is 4.64. The lowest BCUT2D eigenvalue weighted by Gasteiger charge is -2.17. The quantitative estimate of drug-likeness (QED) is 0.802. The van der Waals surface area contributed by atoms with E-state index in [-0.39, 0.29) is 0 Å². The fraction of sp³-hybridized carbons (Fsp3) is 0.462. The van der Waals surface area contributed by atoms with E-state index in [4.69, 9.17) is 0 Å². The molecule has 0 N–H and O–H groups in total. The summed E-state index contributed by atoms with van der Waals surface area (Å²) < 4.78 is 4.30. The molecular weight excluding hydrogens is 212 g/mol. The molecule has 2 aromatic heterocycles. The van der Waals surface area contributed by atoms with Crippen LogP contribution in [-0.2, 0) is 27.2 Å². The molecule has 0 aliphatic rings. The van der Waals surface area contributed by atoms with E-state index in [9.17, 15) is 0 Å². The van der Waals surface area contributed by atoms with E-state index in [1.165, 1.54) is 11.4 Å². The molecule has 0 saturated carbocycles.